The lowest BCUT2D eigenvalue weighted by Crippen LogP contribution is -2.16. The van der Waals surface area contributed by atoms with Crippen LogP contribution in [0.1, 0.15) is 26.3 Å². The highest BCUT2D eigenvalue weighted by molar-refractivity contribution is 6.07. The Kier molecular flexibility index (Phi) is 8.69. The number of nitriles is 1. The number of pyridine rings is 1. The Labute approximate surface area is 229 Å². The summed E-state index contributed by atoms with van der Waals surface area (Å²) < 4.78 is 34.8. The van der Waals surface area contributed by atoms with Gasteiger partial charge in [0, 0.05) is 24.3 Å². The second-order valence-corrected chi connectivity index (χ2v) is 8.31. The number of nitrogens with zero attached hydrogens (tertiary/aromatic N) is 2. The molecule has 202 valence electrons. The smallest absolute Gasteiger partial charge is 0.337 e. The summed E-state index contributed by atoms with van der Waals surface area (Å²) in [7, 11) is 4.13. The number of esters is 1. The summed E-state index contributed by atoms with van der Waals surface area (Å²) >= 11 is 0. The van der Waals surface area contributed by atoms with Gasteiger partial charge in [-0.1, -0.05) is 24.3 Å². The molecule has 0 bridgehead atoms. The summed E-state index contributed by atoms with van der Waals surface area (Å²) in [6.07, 6.45) is 0. The number of carbonyl (C=O) groups is 2. The number of amides is 1. The van der Waals surface area contributed by atoms with Gasteiger partial charge >= 0.3 is 5.97 Å². The highest BCUT2D eigenvalue weighted by Crippen LogP contribution is 2.37. The first-order chi connectivity index (χ1) is 19.4. The molecule has 0 spiro atoms. The van der Waals surface area contributed by atoms with Crippen LogP contribution in [0.3, 0.4) is 0 Å². The second kappa shape index (κ2) is 12.5. The highest BCUT2D eigenvalue weighted by Gasteiger charge is 2.22. The van der Waals surface area contributed by atoms with Crippen LogP contribution in [-0.2, 0) is 9.47 Å². The highest BCUT2D eigenvalue weighted by atomic mass is 19.1. The summed E-state index contributed by atoms with van der Waals surface area (Å²) in [5.41, 5.74) is 2.00. The van der Waals surface area contributed by atoms with Gasteiger partial charge in [0.25, 0.3) is 5.91 Å². The zero-order chi connectivity index (χ0) is 28.6. The van der Waals surface area contributed by atoms with Crippen LogP contribution >= 0.6 is 0 Å². The summed E-state index contributed by atoms with van der Waals surface area (Å²) in [6, 6.07) is 20.7. The molecule has 1 amide bonds. The van der Waals surface area contributed by atoms with Crippen molar-refractivity contribution in [2.24, 2.45) is 0 Å². The van der Waals surface area contributed by atoms with E-state index in [2.05, 4.69) is 16.4 Å². The minimum Gasteiger partial charge on any atom is -0.496 e. The molecule has 0 unspecified atom stereocenters. The van der Waals surface area contributed by atoms with Gasteiger partial charge in [-0.25, -0.2) is 14.2 Å². The van der Waals surface area contributed by atoms with Crippen molar-refractivity contribution in [3.05, 3.63) is 95.3 Å². The fraction of sp³-hybridized carbons (Fsp3) is 0.133. The van der Waals surface area contributed by atoms with E-state index in [4.69, 9.17) is 18.9 Å². The van der Waals surface area contributed by atoms with Crippen LogP contribution in [0.25, 0.3) is 22.4 Å². The molecule has 3 aromatic carbocycles. The average Bonchev–Trinajstić information content (AvgIpc) is 2.99. The number of nitrogens with one attached hydrogen (secondary N) is 1. The molecule has 4 rings (SSSR count). The van der Waals surface area contributed by atoms with E-state index in [1.54, 1.807) is 54.6 Å². The molecule has 9 nitrogen and oxygen atoms in total. The second-order valence-electron chi connectivity index (χ2n) is 8.31. The number of hydrogen-bond donors (Lipinski definition) is 1. The van der Waals surface area contributed by atoms with Gasteiger partial charge < -0.3 is 24.3 Å². The van der Waals surface area contributed by atoms with Crippen molar-refractivity contribution in [3.8, 4) is 40.0 Å². The Balaban J connectivity index is 1.94. The number of methoxy groups -OCH3 is 3. The van der Waals surface area contributed by atoms with E-state index < -0.39 is 17.7 Å². The lowest BCUT2D eigenvalue weighted by molar-refractivity contribution is 0.0513. The number of benzene rings is 3. The Morgan fingerprint density at radius 3 is 2.48 bits per heavy atom. The van der Waals surface area contributed by atoms with E-state index in [9.17, 15) is 19.2 Å². The minimum atomic E-state index is -0.567. The van der Waals surface area contributed by atoms with E-state index in [1.165, 1.54) is 39.5 Å². The molecular weight excluding hydrogens is 517 g/mol. The van der Waals surface area contributed by atoms with Crippen molar-refractivity contribution in [2.75, 3.05) is 33.4 Å². The summed E-state index contributed by atoms with van der Waals surface area (Å²) in [5.74, 6) is -1.27. The molecule has 4 aromatic rings. The molecular formula is C30H24FN3O6. The predicted molar refractivity (Wildman–Crippen MR) is 145 cm³/mol. The van der Waals surface area contributed by atoms with Crippen LogP contribution in [0.15, 0.2) is 72.8 Å². The number of halogens is 1. The molecule has 0 aliphatic carbocycles. The molecule has 0 saturated carbocycles. The zero-order valence-electron chi connectivity index (χ0n) is 21.9. The number of carbonyl (C=O) groups excluding carboxylic acids is 2. The first-order valence-corrected chi connectivity index (χ1v) is 11.9. The number of hydrogen-bond acceptors (Lipinski definition) is 8. The van der Waals surface area contributed by atoms with Gasteiger partial charge in [-0.15, -0.1) is 0 Å². The molecule has 0 atom stereocenters. The van der Waals surface area contributed by atoms with Gasteiger partial charge in [0.15, 0.2) is 12.6 Å². The monoisotopic (exact) mass is 541 g/mol. The van der Waals surface area contributed by atoms with Crippen molar-refractivity contribution in [1.82, 2.24) is 4.98 Å². The van der Waals surface area contributed by atoms with E-state index in [-0.39, 0.29) is 40.7 Å². The van der Waals surface area contributed by atoms with E-state index >= 15 is 0 Å². The topological polar surface area (TPSA) is 120 Å². The van der Waals surface area contributed by atoms with Crippen molar-refractivity contribution in [1.29, 1.82) is 5.26 Å². The number of rotatable bonds is 9. The maximum Gasteiger partial charge on any atom is 0.337 e. The Bertz CT molecular complexity index is 1620. The zero-order valence-corrected chi connectivity index (χ0v) is 21.9. The Morgan fingerprint density at radius 1 is 0.950 bits per heavy atom. The van der Waals surface area contributed by atoms with Gasteiger partial charge in [-0.05, 0) is 48.0 Å². The fourth-order valence-corrected chi connectivity index (χ4v) is 4.00. The average molecular weight is 542 g/mol. The molecule has 0 aliphatic rings. The number of ether oxygens (including phenoxy) is 4. The van der Waals surface area contributed by atoms with E-state index in [0.717, 1.165) is 0 Å². The normalized spacial score (nSPS) is 10.4. The quantitative estimate of drug-likeness (QED) is 0.219. The predicted octanol–water partition coefficient (Wildman–Crippen LogP) is 5.46. The van der Waals surface area contributed by atoms with Crippen LogP contribution < -0.4 is 14.8 Å². The third-order valence-corrected chi connectivity index (χ3v) is 5.86. The summed E-state index contributed by atoms with van der Waals surface area (Å²) in [5, 5.41) is 12.9. The standard InChI is InChI=1S/C30H24FN3O6/c1-37-17-40-27-14-20(31)11-12-21(27)25-15-23(18-7-6-8-19(13-18)30(36)39-3)24(16-32)28(33-25)34-29(35)22-9-4-5-10-26(22)38-2/h4-15H,17H2,1-3H3,(H,33,34,35). The van der Waals surface area contributed by atoms with Crippen LogP contribution in [0.4, 0.5) is 10.2 Å². The van der Waals surface area contributed by atoms with Crippen molar-refractivity contribution < 1.29 is 32.9 Å². The maximum absolute atomic E-state index is 14.1. The van der Waals surface area contributed by atoms with Crippen LogP contribution in [0.5, 0.6) is 11.5 Å². The molecule has 0 aliphatic heterocycles. The fourth-order valence-electron chi connectivity index (χ4n) is 4.00. The molecule has 0 fully saturated rings. The van der Waals surface area contributed by atoms with Crippen LogP contribution in [0, 0.1) is 17.1 Å². The maximum atomic E-state index is 14.1. The largest absolute Gasteiger partial charge is 0.496 e. The van der Waals surface area contributed by atoms with Crippen LogP contribution in [0.2, 0.25) is 0 Å². The van der Waals surface area contributed by atoms with Gasteiger partial charge in [-0.3, -0.25) is 4.79 Å². The first kappa shape index (κ1) is 27.8. The van der Waals surface area contributed by atoms with Crippen molar-refractivity contribution in [3.63, 3.8) is 0 Å². The molecule has 1 heterocycles. The molecule has 1 N–H and O–H groups in total. The Morgan fingerprint density at radius 2 is 1.75 bits per heavy atom. The first-order valence-electron chi connectivity index (χ1n) is 11.9. The third kappa shape index (κ3) is 5.90. The molecule has 40 heavy (non-hydrogen) atoms. The van der Waals surface area contributed by atoms with Crippen LogP contribution in [-0.4, -0.2) is 45.0 Å². The number of anilines is 1. The minimum absolute atomic E-state index is 0.0375. The van der Waals surface area contributed by atoms with Crippen molar-refractivity contribution >= 4 is 17.7 Å². The van der Waals surface area contributed by atoms with E-state index in [1.807, 2.05) is 0 Å². The van der Waals surface area contributed by atoms with Gasteiger partial charge in [0.2, 0.25) is 0 Å². The molecule has 1 aromatic heterocycles. The molecule has 10 heteroatoms. The number of para-hydroxylation sites is 1. The summed E-state index contributed by atoms with van der Waals surface area (Å²) in [6.45, 7) is -0.155. The van der Waals surface area contributed by atoms with Gasteiger partial charge in [0.05, 0.1) is 31.0 Å². The van der Waals surface area contributed by atoms with Gasteiger partial charge in [-0.2, -0.15) is 5.26 Å². The number of aromatic nitrogens is 1. The lowest BCUT2D eigenvalue weighted by Gasteiger charge is -2.16. The van der Waals surface area contributed by atoms with Crippen molar-refractivity contribution in [2.45, 2.75) is 0 Å². The summed E-state index contributed by atoms with van der Waals surface area (Å²) in [4.78, 5) is 30.1. The third-order valence-electron chi connectivity index (χ3n) is 5.86. The molecule has 0 saturated heterocycles. The van der Waals surface area contributed by atoms with E-state index in [0.29, 0.717) is 22.4 Å². The Hall–Kier alpha value is -5.27. The SMILES string of the molecule is COCOc1cc(F)ccc1-c1cc(-c2cccc(C(=O)OC)c2)c(C#N)c(NC(=O)c2ccccc2OC)n1. The van der Waals surface area contributed by atoms with Gasteiger partial charge in [0.1, 0.15) is 28.9 Å². The lowest BCUT2D eigenvalue weighted by atomic mass is 9.96. The molecule has 0 radical (unpaired) electrons.